The first-order chi connectivity index (χ1) is 8.95. The molecule has 0 amide bonds. The van der Waals surface area contributed by atoms with Crippen LogP contribution in [0.5, 0.6) is 0 Å². The van der Waals surface area contributed by atoms with Gasteiger partial charge in [-0.1, -0.05) is 52.5 Å². The smallest absolute Gasteiger partial charge is 0.150 e. The number of rotatable bonds is 2. The second-order valence-corrected chi connectivity index (χ2v) is 5.26. The van der Waals surface area contributed by atoms with E-state index in [4.69, 9.17) is 46.4 Å². The van der Waals surface area contributed by atoms with Gasteiger partial charge in [-0.2, -0.15) is 0 Å². The Balaban J connectivity index is 2.79. The van der Waals surface area contributed by atoms with E-state index in [1.165, 1.54) is 18.2 Å². The molecule has 0 unspecified atom stereocenters. The van der Waals surface area contributed by atoms with Crippen LogP contribution in [-0.4, -0.2) is 6.29 Å². The highest BCUT2D eigenvalue weighted by atomic mass is 35.5. The maximum atomic E-state index is 13.1. The summed E-state index contributed by atoms with van der Waals surface area (Å²) < 4.78 is 13.1. The minimum Gasteiger partial charge on any atom is -0.298 e. The molecule has 0 aromatic heterocycles. The number of hydrogen-bond donors (Lipinski definition) is 0. The average molecular weight is 338 g/mol. The summed E-state index contributed by atoms with van der Waals surface area (Å²) in [5.74, 6) is -0.529. The molecule has 0 atom stereocenters. The van der Waals surface area contributed by atoms with E-state index in [-0.39, 0.29) is 25.7 Å². The Kier molecular flexibility index (Phi) is 4.36. The first kappa shape index (κ1) is 14.6. The summed E-state index contributed by atoms with van der Waals surface area (Å²) in [6, 6.07) is 5.13. The van der Waals surface area contributed by atoms with Crippen LogP contribution in [0.2, 0.25) is 20.1 Å². The minimum absolute atomic E-state index is 0.119. The van der Waals surface area contributed by atoms with Crippen LogP contribution in [0.15, 0.2) is 24.3 Å². The fraction of sp³-hybridized carbons (Fsp3) is 0. The molecular formula is C13H5Cl4FO. The van der Waals surface area contributed by atoms with E-state index in [1.54, 1.807) is 0 Å². The molecule has 6 heteroatoms. The summed E-state index contributed by atoms with van der Waals surface area (Å²) in [4.78, 5) is 11.0. The van der Waals surface area contributed by atoms with Crippen molar-refractivity contribution in [1.29, 1.82) is 0 Å². The number of benzene rings is 2. The van der Waals surface area contributed by atoms with E-state index in [1.807, 2.05) is 0 Å². The van der Waals surface area contributed by atoms with Gasteiger partial charge in [-0.3, -0.25) is 4.79 Å². The van der Waals surface area contributed by atoms with Gasteiger partial charge in [-0.15, -0.1) is 0 Å². The molecule has 0 saturated heterocycles. The SMILES string of the molecule is O=Cc1cc(F)ccc1-c1c(Cl)cc(Cl)c(Cl)c1Cl. The molecular weight excluding hydrogens is 333 g/mol. The number of carbonyl (C=O) groups excluding carboxylic acids is 1. The monoisotopic (exact) mass is 336 g/mol. The molecule has 0 fully saturated rings. The van der Waals surface area contributed by atoms with E-state index >= 15 is 0 Å². The fourth-order valence-electron chi connectivity index (χ4n) is 1.67. The van der Waals surface area contributed by atoms with Crippen molar-refractivity contribution < 1.29 is 9.18 Å². The highest BCUT2D eigenvalue weighted by molar-refractivity contribution is 6.51. The quantitative estimate of drug-likeness (QED) is 0.377. The number of hydrogen-bond acceptors (Lipinski definition) is 1. The number of halogens is 5. The third-order valence-corrected chi connectivity index (χ3v) is 4.08. The van der Waals surface area contributed by atoms with Crippen LogP contribution in [0.1, 0.15) is 10.4 Å². The second kappa shape index (κ2) is 5.68. The van der Waals surface area contributed by atoms with Crippen molar-refractivity contribution >= 4 is 52.7 Å². The zero-order valence-electron chi connectivity index (χ0n) is 9.18. The van der Waals surface area contributed by atoms with Gasteiger partial charge in [0.15, 0.2) is 6.29 Å². The molecule has 2 aromatic rings. The first-order valence-corrected chi connectivity index (χ1v) is 6.55. The van der Waals surface area contributed by atoms with Crippen LogP contribution in [0.3, 0.4) is 0 Å². The van der Waals surface area contributed by atoms with Crippen LogP contribution in [-0.2, 0) is 0 Å². The van der Waals surface area contributed by atoms with Gasteiger partial charge in [0, 0.05) is 11.1 Å². The average Bonchev–Trinajstić information content (AvgIpc) is 2.37. The Bertz CT molecular complexity index is 670. The lowest BCUT2D eigenvalue weighted by molar-refractivity contribution is 0.112. The van der Waals surface area contributed by atoms with Crippen LogP contribution in [0, 0.1) is 5.82 Å². The van der Waals surface area contributed by atoms with Gasteiger partial charge in [0.25, 0.3) is 0 Å². The van der Waals surface area contributed by atoms with Gasteiger partial charge in [0.05, 0.1) is 20.1 Å². The van der Waals surface area contributed by atoms with E-state index in [9.17, 15) is 9.18 Å². The summed E-state index contributed by atoms with van der Waals surface area (Å²) in [6.07, 6.45) is 0.521. The highest BCUT2D eigenvalue weighted by Gasteiger charge is 2.18. The lowest BCUT2D eigenvalue weighted by Crippen LogP contribution is -1.92. The Morgan fingerprint density at radius 2 is 1.63 bits per heavy atom. The van der Waals surface area contributed by atoms with E-state index in [0.29, 0.717) is 17.4 Å². The molecule has 0 spiro atoms. The molecule has 0 bridgehead atoms. The molecule has 1 nitrogen and oxygen atoms in total. The van der Waals surface area contributed by atoms with Crippen LogP contribution < -0.4 is 0 Å². The van der Waals surface area contributed by atoms with Gasteiger partial charge in [-0.05, 0) is 23.8 Å². The Hall–Kier alpha value is -0.800. The fourth-order valence-corrected chi connectivity index (χ4v) is 2.79. The lowest BCUT2D eigenvalue weighted by atomic mass is 10.00. The maximum Gasteiger partial charge on any atom is 0.150 e. The Labute approximate surface area is 128 Å². The normalized spacial score (nSPS) is 10.6. The van der Waals surface area contributed by atoms with Gasteiger partial charge >= 0.3 is 0 Å². The third-order valence-electron chi connectivity index (χ3n) is 2.52. The summed E-state index contributed by atoms with van der Waals surface area (Å²) in [7, 11) is 0. The largest absolute Gasteiger partial charge is 0.298 e. The summed E-state index contributed by atoms with van der Waals surface area (Å²) >= 11 is 24.0. The molecule has 2 aromatic carbocycles. The zero-order valence-corrected chi connectivity index (χ0v) is 12.2. The summed E-state index contributed by atoms with van der Waals surface area (Å²) in [5, 5.41) is 0.682. The van der Waals surface area contributed by atoms with Crippen molar-refractivity contribution in [3.8, 4) is 11.1 Å². The molecule has 0 heterocycles. The topological polar surface area (TPSA) is 17.1 Å². The van der Waals surface area contributed by atoms with Gasteiger partial charge < -0.3 is 0 Å². The van der Waals surface area contributed by atoms with Gasteiger partial charge in [-0.25, -0.2) is 4.39 Å². The predicted octanol–water partition coefficient (Wildman–Crippen LogP) is 5.92. The summed E-state index contributed by atoms with van der Waals surface area (Å²) in [6.45, 7) is 0. The number of carbonyl (C=O) groups is 1. The van der Waals surface area contributed by atoms with Crippen molar-refractivity contribution in [2.75, 3.05) is 0 Å². The second-order valence-electron chi connectivity index (χ2n) is 3.69. The van der Waals surface area contributed by atoms with Crippen LogP contribution in [0.4, 0.5) is 4.39 Å². The molecule has 19 heavy (non-hydrogen) atoms. The molecule has 0 aliphatic heterocycles. The minimum atomic E-state index is -0.529. The van der Waals surface area contributed by atoms with E-state index < -0.39 is 5.82 Å². The molecule has 2 rings (SSSR count). The van der Waals surface area contributed by atoms with Crippen molar-refractivity contribution in [3.63, 3.8) is 0 Å². The van der Waals surface area contributed by atoms with Gasteiger partial charge in [0.2, 0.25) is 0 Å². The van der Waals surface area contributed by atoms with Crippen LogP contribution in [0.25, 0.3) is 11.1 Å². The summed E-state index contributed by atoms with van der Waals surface area (Å²) in [5.41, 5.74) is 0.868. The predicted molar refractivity (Wildman–Crippen MR) is 77.3 cm³/mol. The Morgan fingerprint density at radius 3 is 2.26 bits per heavy atom. The molecule has 0 radical (unpaired) electrons. The van der Waals surface area contributed by atoms with E-state index in [2.05, 4.69) is 0 Å². The van der Waals surface area contributed by atoms with Crippen molar-refractivity contribution in [1.82, 2.24) is 0 Å². The zero-order chi connectivity index (χ0) is 14.2. The number of aldehydes is 1. The van der Waals surface area contributed by atoms with Crippen molar-refractivity contribution in [3.05, 3.63) is 55.7 Å². The highest BCUT2D eigenvalue weighted by Crippen LogP contribution is 2.43. The van der Waals surface area contributed by atoms with Gasteiger partial charge in [0.1, 0.15) is 5.82 Å². The first-order valence-electron chi connectivity index (χ1n) is 5.03. The Morgan fingerprint density at radius 1 is 0.947 bits per heavy atom. The third kappa shape index (κ3) is 2.72. The van der Waals surface area contributed by atoms with E-state index in [0.717, 1.165) is 6.07 Å². The molecule has 98 valence electrons. The molecule has 0 N–H and O–H groups in total. The maximum absolute atomic E-state index is 13.1. The lowest BCUT2D eigenvalue weighted by Gasteiger charge is -2.12. The molecule has 0 aliphatic carbocycles. The standard InChI is InChI=1S/C13H5Cl4FO/c14-9-4-10(15)12(16)13(17)11(9)8-2-1-7(18)3-6(8)5-19/h1-5H. The van der Waals surface area contributed by atoms with Crippen LogP contribution >= 0.6 is 46.4 Å². The van der Waals surface area contributed by atoms with Crippen molar-refractivity contribution in [2.45, 2.75) is 0 Å². The van der Waals surface area contributed by atoms with Crippen molar-refractivity contribution in [2.24, 2.45) is 0 Å². The molecule has 0 saturated carbocycles. The molecule has 0 aliphatic rings.